The van der Waals surface area contributed by atoms with Crippen LogP contribution in [0.5, 0.6) is 0 Å². The van der Waals surface area contributed by atoms with Crippen LogP contribution in [-0.2, 0) is 42.8 Å². The molecule has 7 rings (SSSR count). The average molecular weight is 687 g/mol. The van der Waals surface area contributed by atoms with E-state index >= 15 is 0 Å². The van der Waals surface area contributed by atoms with Crippen LogP contribution in [0.3, 0.4) is 0 Å². The minimum atomic E-state index is -0.820. The molecule has 9 nitrogen and oxygen atoms in total. The molecule has 0 aromatic carbocycles. The average Bonchev–Trinajstić information content (AvgIpc) is 3.68. The highest BCUT2D eigenvalue weighted by Crippen LogP contribution is 2.61. The largest absolute Gasteiger partial charge is 0.463 e. The molecule has 3 aliphatic heterocycles. The van der Waals surface area contributed by atoms with Gasteiger partial charge in [0.15, 0.2) is 18.9 Å². The van der Waals surface area contributed by atoms with E-state index in [9.17, 15) is 14.4 Å². The van der Waals surface area contributed by atoms with Crippen molar-refractivity contribution in [1.29, 1.82) is 0 Å². The molecule has 0 amide bonds. The van der Waals surface area contributed by atoms with Crippen molar-refractivity contribution in [2.45, 2.75) is 161 Å². The second-order valence-corrected chi connectivity index (χ2v) is 17.5. The molecule has 19 unspecified atom stereocenters. The number of ether oxygens (including phenoxy) is 6. The summed E-state index contributed by atoms with van der Waals surface area (Å²) in [6.45, 7) is 12.6. The number of cyclic esters (lactones) is 1. The Morgan fingerprint density at radius 1 is 0.837 bits per heavy atom. The maximum Gasteiger partial charge on any atom is 0.306 e. The molecule has 7 fully saturated rings. The molecule has 4 saturated carbocycles. The number of hydrogen-bond donors (Lipinski definition) is 0. The number of rotatable bonds is 6. The number of ketones is 1. The number of methoxy groups -OCH3 is 1. The van der Waals surface area contributed by atoms with Gasteiger partial charge in [0.2, 0.25) is 0 Å². The Morgan fingerprint density at radius 3 is 2.37 bits per heavy atom. The number of aldehydes is 1. The van der Waals surface area contributed by atoms with Crippen LogP contribution in [0.25, 0.3) is 0 Å². The van der Waals surface area contributed by atoms with E-state index in [0.29, 0.717) is 36.0 Å². The van der Waals surface area contributed by atoms with E-state index in [1.165, 1.54) is 0 Å². The van der Waals surface area contributed by atoms with E-state index in [1.54, 1.807) is 7.11 Å². The maximum atomic E-state index is 14.6. The summed E-state index contributed by atoms with van der Waals surface area (Å²) >= 11 is 0. The van der Waals surface area contributed by atoms with Gasteiger partial charge in [-0.1, -0.05) is 27.7 Å². The smallest absolute Gasteiger partial charge is 0.306 e. The quantitative estimate of drug-likeness (QED) is 0.228. The minimum Gasteiger partial charge on any atom is -0.463 e. The van der Waals surface area contributed by atoms with Crippen LogP contribution in [0.15, 0.2) is 0 Å². The van der Waals surface area contributed by atoms with E-state index in [1.807, 2.05) is 6.92 Å². The van der Waals surface area contributed by atoms with Crippen molar-refractivity contribution in [3.8, 4) is 0 Å². The van der Waals surface area contributed by atoms with Crippen LogP contribution in [0.4, 0.5) is 0 Å². The zero-order chi connectivity index (χ0) is 34.8. The molecule has 276 valence electrons. The Hall–Kier alpha value is -1.39. The minimum absolute atomic E-state index is 0.00224. The van der Waals surface area contributed by atoms with Crippen molar-refractivity contribution in [2.24, 2.45) is 65.1 Å². The molecule has 0 aromatic heterocycles. The fraction of sp³-hybridized carbons (Fsp3) is 0.925. The molecular weight excluding hydrogens is 624 g/mol. The van der Waals surface area contributed by atoms with Gasteiger partial charge in [0.05, 0.1) is 36.4 Å². The summed E-state index contributed by atoms with van der Waals surface area (Å²) < 4.78 is 37.7. The SMILES string of the molecule is COC1C(C)C2C(OC3CC4CCC5C6CC(=O)OC(C)CCCC(OC7CCC(C)C(C)O7)C(C)C(=O)C6CC5C4C3)OC2(C=O)C1C. The van der Waals surface area contributed by atoms with E-state index in [4.69, 9.17) is 28.4 Å². The van der Waals surface area contributed by atoms with Gasteiger partial charge < -0.3 is 33.2 Å². The van der Waals surface area contributed by atoms with Gasteiger partial charge in [0, 0.05) is 31.3 Å². The number of carbonyl (C=O) groups excluding carboxylic acids is 3. The first-order valence-electron chi connectivity index (χ1n) is 19.8. The van der Waals surface area contributed by atoms with Gasteiger partial charge in [-0.15, -0.1) is 0 Å². The maximum absolute atomic E-state index is 14.6. The van der Waals surface area contributed by atoms with Crippen molar-refractivity contribution < 1.29 is 42.8 Å². The Labute approximate surface area is 293 Å². The van der Waals surface area contributed by atoms with Crippen molar-refractivity contribution in [3.63, 3.8) is 0 Å². The highest BCUT2D eigenvalue weighted by atomic mass is 16.7. The predicted molar refractivity (Wildman–Crippen MR) is 181 cm³/mol. The predicted octanol–water partition coefficient (Wildman–Crippen LogP) is 6.53. The second-order valence-electron chi connectivity index (χ2n) is 17.5. The third-order valence-corrected chi connectivity index (χ3v) is 15.0. The van der Waals surface area contributed by atoms with E-state index in [0.717, 1.165) is 70.5 Å². The molecule has 4 aliphatic carbocycles. The summed E-state index contributed by atoms with van der Waals surface area (Å²) in [6, 6.07) is 0. The Morgan fingerprint density at radius 2 is 1.63 bits per heavy atom. The lowest BCUT2D eigenvalue weighted by Crippen LogP contribution is -2.63. The topological polar surface area (TPSA) is 107 Å². The molecule has 3 heterocycles. The van der Waals surface area contributed by atoms with Crippen molar-refractivity contribution in [3.05, 3.63) is 0 Å². The fourth-order valence-corrected chi connectivity index (χ4v) is 12.2. The van der Waals surface area contributed by atoms with Gasteiger partial charge in [0.1, 0.15) is 11.4 Å². The Kier molecular flexibility index (Phi) is 10.4. The number of hydrogen-bond acceptors (Lipinski definition) is 9. The van der Waals surface area contributed by atoms with Crippen LogP contribution in [0.1, 0.15) is 112 Å². The summed E-state index contributed by atoms with van der Waals surface area (Å²) in [5.41, 5.74) is -0.820. The van der Waals surface area contributed by atoms with Crippen LogP contribution < -0.4 is 0 Å². The van der Waals surface area contributed by atoms with Gasteiger partial charge in [-0.05, 0) is 119 Å². The summed E-state index contributed by atoms with van der Waals surface area (Å²) in [5.74, 6) is 2.05. The van der Waals surface area contributed by atoms with Crippen molar-refractivity contribution >= 4 is 18.0 Å². The second kappa shape index (κ2) is 14.2. The van der Waals surface area contributed by atoms with Crippen LogP contribution in [-0.4, -0.2) is 73.8 Å². The molecule has 9 heteroatoms. The van der Waals surface area contributed by atoms with Gasteiger partial charge in [0.25, 0.3) is 0 Å². The van der Waals surface area contributed by atoms with Gasteiger partial charge in [-0.3, -0.25) is 9.59 Å². The molecule has 0 bridgehead atoms. The summed E-state index contributed by atoms with van der Waals surface area (Å²) in [7, 11) is 1.72. The summed E-state index contributed by atoms with van der Waals surface area (Å²) in [6.07, 6.45) is 9.61. The highest BCUT2D eigenvalue weighted by molar-refractivity contribution is 5.85. The lowest BCUT2D eigenvalue weighted by atomic mass is 9.67. The standard InChI is InChI=1S/C40H62O9/c1-20-11-14-35(46-25(20)6)48-33-10-8-9-21(2)45-34(42)18-31-28-13-12-26-15-27(16-29(26)30(28)17-32(31)37(43)22(33)3)47-39-36-23(4)38(44-7)24(5)40(36,19-41)49-39/h19-33,35-36,38-39H,8-18H2,1-7H3. The molecule has 3 saturated heterocycles. The molecule has 0 spiro atoms. The third-order valence-electron chi connectivity index (χ3n) is 15.0. The van der Waals surface area contributed by atoms with Crippen LogP contribution in [0, 0.1) is 65.1 Å². The summed E-state index contributed by atoms with van der Waals surface area (Å²) in [5, 5.41) is 0. The molecule has 19 atom stereocenters. The normalized spacial score (nSPS) is 53.2. The number of esters is 1. The summed E-state index contributed by atoms with van der Waals surface area (Å²) in [4.78, 5) is 40.2. The lowest BCUT2D eigenvalue weighted by Gasteiger charge is -2.51. The molecule has 7 aliphatic rings. The zero-order valence-corrected chi connectivity index (χ0v) is 30.9. The van der Waals surface area contributed by atoms with Crippen LogP contribution in [0.2, 0.25) is 0 Å². The van der Waals surface area contributed by atoms with Gasteiger partial charge >= 0.3 is 5.97 Å². The zero-order valence-electron chi connectivity index (χ0n) is 30.9. The Bertz CT molecular complexity index is 1220. The molecule has 0 radical (unpaired) electrons. The number of carbonyl (C=O) groups is 3. The first-order chi connectivity index (χ1) is 23.4. The first kappa shape index (κ1) is 36.0. The van der Waals surface area contributed by atoms with E-state index < -0.39 is 11.9 Å². The van der Waals surface area contributed by atoms with Crippen molar-refractivity contribution in [2.75, 3.05) is 7.11 Å². The molecular formula is C40H62O9. The number of Topliss-reactive ketones (excluding diaryl/α,β-unsaturated/α-hetero) is 1. The van der Waals surface area contributed by atoms with Gasteiger partial charge in [-0.25, -0.2) is 0 Å². The monoisotopic (exact) mass is 686 g/mol. The third kappa shape index (κ3) is 6.38. The molecule has 49 heavy (non-hydrogen) atoms. The van der Waals surface area contributed by atoms with E-state index in [2.05, 4.69) is 34.6 Å². The van der Waals surface area contributed by atoms with Crippen LogP contribution >= 0.6 is 0 Å². The number of fused-ring (bicyclic) bond motifs is 6. The van der Waals surface area contributed by atoms with Gasteiger partial charge in [-0.2, -0.15) is 0 Å². The van der Waals surface area contributed by atoms with Crippen molar-refractivity contribution in [1.82, 2.24) is 0 Å². The highest BCUT2D eigenvalue weighted by Gasteiger charge is 2.70. The fourth-order valence-electron chi connectivity index (χ4n) is 12.2. The molecule has 0 N–H and O–H groups in total. The molecule has 0 aromatic rings. The van der Waals surface area contributed by atoms with E-state index in [-0.39, 0.29) is 84.1 Å². The Balaban J connectivity index is 1.06. The lowest BCUT2D eigenvalue weighted by molar-refractivity contribution is -0.349. The first-order valence-corrected chi connectivity index (χ1v) is 19.8.